The number of halogens is 1. The fourth-order valence-corrected chi connectivity index (χ4v) is 3.52. The second-order valence-corrected chi connectivity index (χ2v) is 6.39. The lowest BCUT2D eigenvalue weighted by molar-refractivity contribution is 0.0757. The Morgan fingerprint density at radius 1 is 1.08 bits per heavy atom. The third-order valence-corrected chi connectivity index (χ3v) is 4.83. The summed E-state index contributed by atoms with van der Waals surface area (Å²) in [5, 5.41) is 0. The molecule has 0 unspecified atom stereocenters. The minimum atomic E-state index is -0.205. The summed E-state index contributed by atoms with van der Waals surface area (Å²) in [6, 6.07) is 10.6. The van der Waals surface area contributed by atoms with Crippen molar-refractivity contribution in [2.75, 3.05) is 26.2 Å². The molecule has 0 saturated carbocycles. The molecule has 0 spiro atoms. The molecule has 1 aromatic carbocycles. The van der Waals surface area contributed by atoms with E-state index in [1.807, 2.05) is 17.0 Å². The van der Waals surface area contributed by atoms with Gasteiger partial charge in [0.2, 0.25) is 0 Å². The van der Waals surface area contributed by atoms with Crippen LogP contribution < -0.4 is 0 Å². The summed E-state index contributed by atoms with van der Waals surface area (Å²) in [6.45, 7) is 5.39. The summed E-state index contributed by atoms with van der Waals surface area (Å²) < 4.78 is 13.2. The van der Waals surface area contributed by atoms with Crippen molar-refractivity contribution in [3.8, 4) is 0 Å². The molecule has 132 valence electrons. The lowest BCUT2D eigenvalue weighted by Gasteiger charge is -2.30. The van der Waals surface area contributed by atoms with Crippen LogP contribution in [0, 0.1) is 5.82 Å². The number of carbonyl (C=O) groups is 1. The Morgan fingerprint density at radius 2 is 1.80 bits per heavy atom. The van der Waals surface area contributed by atoms with Gasteiger partial charge < -0.3 is 4.90 Å². The molecule has 0 radical (unpaired) electrons. The van der Waals surface area contributed by atoms with Crippen molar-refractivity contribution in [3.63, 3.8) is 0 Å². The van der Waals surface area contributed by atoms with E-state index in [1.165, 1.54) is 12.1 Å². The van der Waals surface area contributed by atoms with Crippen LogP contribution in [0.15, 0.2) is 48.8 Å². The number of hydrogen-bond donors (Lipinski definition) is 0. The maximum Gasteiger partial charge on any atom is 0.254 e. The summed E-state index contributed by atoms with van der Waals surface area (Å²) in [5.41, 5.74) is 1.83. The Kier molecular flexibility index (Phi) is 5.76. The van der Waals surface area contributed by atoms with E-state index < -0.39 is 0 Å². The van der Waals surface area contributed by atoms with E-state index in [0.29, 0.717) is 12.1 Å². The molecule has 1 atom stereocenters. The number of aromatic nitrogens is 1. The Balaban J connectivity index is 1.68. The molecule has 0 bridgehead atoms. The number of hydrogen-bond acceptors (Lipinski definition) is 3. The molecule has 0 aliphatic carbocycles. The van der Waals surface area contributed by atoms with Crippen molar-refractivity contribution in [1.82, 2.24) is 14.8 Å². The summed E-state index contributed by atoms with van der Waals surface area (Å²) >= 11 is 0. The quantitative estimate of drug-likeness (QED) is 0.854. The monoisotopic (exact) mass is 341 g/mol. The van der Waals surface area contributed by atoms with Crippen molar-refractivity contribution < 1.29 is 9.18 Å². The van der Waals surface area contributed by atoms with Gasteiger partial charge in [-0.3, -0.25) is 14.7 Å². The first-order valence-electron chi connectivity index (χ1n) is 8.88. The first-order chi connectivity index (χ1) is 12.2. The summed E-state index contributed by atoms with van der Waals surface area (Å²) in [5.74, 6) is -0.136. The third kappa shape index (κ3) is 4.23. The lowest BCUT2D eigenvalue weighted by Crippen LogP contribution is -2.36. The van der Waals surface area contributed by atoms with Crippen molar-refractivity contribution in [3.05, 3.63) is 65.7 Å². The molecular weight excluding hydrogens is 317 g/mol. The zero-order valence-electron chi connectivity index (χ0n) is 14.6. The van der Waals surface area contributed by atoms with Crippen LogP contribution in [-0.4, -0.2) is 46.9 Å². The van der Waals surface area contributed by atoms with Gasteiger partial charge in [0.1, 0.15) is 5.82 Å². The van der Waals surface area contributed by atoms with Gasteiger partial charge >= 0.3 is 0 Å². The van der Waals surface area contributed by atoms with Crippen molar-refractivity contribution >= 4 is 5.91 Å². The predicted molar refractivity (Wildman–Crippen MR) is 95.8 cm³/mol. The molecule has 1 amide bonds. The molecule has 1 aliphatic rings. The van der Waals surface area contributed by atoms with Crippen molar-refractivity contribution in [2.24, 2.45) is 0 Å². The van der Waals surface area contributed by atoms with Crippen LogP contribution >= 0.6 is 0 Å². The zero-order valence-corrected chi connectivity index (χ0v) is 14.6. The van der Waals surface area contributed by atoms with E-state index in [9.17, 15) is 9.18 Å². The van der Waals surface area contributed by atoms with Crippen LogP contribution in [0.25, 0.3) is 0 Å². The maximum atomic E-state index is 13.2. The van der Waals surface area contributed by atoms with Crippen LogP contribution in [0.4, 0.5) is 4.39 Å². The van der Waals surface area contributed by atoms with Crippen LogP contribution in [0.3, 0.4) is 0 Å². The second-order valence-electron chi connectivity index (χ2n) is 6.39. The van der Waals surface area contributed by atoms with Crippen molar-refractivity contribution in [1.29, 1.82) is 0 Å². The molecule has 1 fully saturated rings. The van der Waals surface area contributed by atoms with Crippen LogP contribution in [-0.2, 0) is 0 Å². The van der Waals surface area contributed by atoms with E-state index in [0.717, 1.165) is 38.0 Å². The number of carbonyl (C=O) groups excluding carboxylic acids is 1. The normalized spacial score (nSPS) is 17.1. The molecule has 3 rings (SSSR count). The molecule has 2 aromatic rings. The molecular formula is C20H24FN3O. The molecule has 1 saturated heterocycles. The van der Waals surface area contributed by atoms with Gasteiger partial charge in [0.25, 0.3) is 5.91 Å². The summed E-state index contributed by atoms with van der Waals surface area (Å²) in [6.07, 6.45) is 5.20. The number of nitrogens with zero attached hydrogens (tertiary/aromatic N) is 3. The van der Waals surface area contributed by atoms with E-state index in [4.69, 9.17) is 0 Å². The van der Waals surface area contributed by atoms with Gasteiger partial charge in [-0.2, -0.15) is 0 Å². The van der Waals surface area contributed by atoms with Crippen LogP contribution in [0.5, 0.6) is 0 Å². The topological polar surface area (TPSA) is 36.4 Å². The Labute approximate surface area is 148 Å². The fourth-order valence-electron chi connectivity index (χ4n) is 3.52. The van der Waals surface area contributed by atoms with Gasteiger partial charge in [-0.15, -0.1) is 0 Å². The average Bonchev–Trinajstić information content (AvgIpc) is 2.90. The standard InChI is InChI=1S/C20H24FN3O/c1-2-19(16-4-6-18(21)7-5-16)23-12-3-13-24(15-14-23)20(25)17-8-10-22-11-9-17/h4-11,19H,2-3,12-15H2,1H3/t19-/m1/s1. The summed E-state index contributed by atoms with van der Waals surface area (Å²) in [4.78, 5) is 20.9. The smallest absolute Gasteiger partial charge is 0.254 e. The van der Waals surface area contributed by atoms with E-state index >= 15 is 0 Å². The third-order valence-electron chi connectivity index (χ3n) is 4.83. The lowest BCUT2D eigenvalue weighted by atomic mass is 10.0. The minimum absolute atomic E-state index is 0.0686. The number of amides is 1. The van der Waals surface area contributed by atoms with Crippen molar-refractivity contribution in [2.45, 2.75) is 25.8 Å². The Hall–Kier alpha value is -2.27. The molecule has 5 heteroatoms. The maximum absolute atomic E-state index is 13.2. The molecule has 4 nitrogen and oxygen atoms in total. The highest BCUT2D eigenvalue weighted by atomic mass is 19.1. The van der Waals surface area contributed by atoms with E-state index in [1.54, 1.807) is 24.5 Å². The van der Waals surface area contributed by atoms with Gasteiger partial charge in [0.15, 0.2) is 0 Å². The van der Waals surface area contributed by atoms with Gasteiger partial charge in [0, 0.05) is 50.2 Å². The van der Waals surface area contributed by atoms with Gasteiger partial charge in [-0.05, 0) is 42.7 Å². The van der Waals surface area contributed by atoms with E-state index in [-0.39, 0.29) is 17.8 Å². The Bertz CT molecular complexity index is 690. The zero-order chi connectivity index (χ0) is 17.6. The van der Waals surface area contributed by atoms with E-state index in [2.05, 4.69) is 16.8 Å². The predicted octanol–water partition coefficient (Wildman–Crippen LogP) is 3.52. The van der Waals surface area contributed by atoms with Crippen LogP contribution in [0.1, 0.15) is 41.7 Å². The van der Waals surface area contributed by atoms with Gasteiger partial charge in [-0.25, -0.2) is 4.39 Å². The number of pyridine rings is 1. The average molecular weight is 341 g/mol. The highest BCUT2D eigenvalue weighted by Gasteiger charge is 2.24. The molecule has 25 heavy (non-hydrogen) atoms. The minimum Gasteiger partial charge on any atom is -0.337 e. The highest BCUT2D eigenvalue weighted by Crippen LogP contribution is 2.25. The van der Waals surface area contributed by atoms with Gasteiger partial charge in [0.05, 0.1) is 0 Å². The molecule has 1 aromatic heterocycles. The largest absolute Gasteiger partial charge is 0.337 e. The highest BCUT2D eigenvalue weighted by molar-refractivity contribution is 5.94. The van der Waals surface area contributed by atoms with Crippen LogP contribution in [0.2, 0.25) is 0 Å². The molecule has 1 aliphatic heterocycles. The fraction of sp³-hybridized carbons (Fsp3) is 0.400. The summed E-state index contributed by atoms with van der Waals surface area (Å²) in [7, 11) is 0. The number of benzene rings is 1. The first kappa shape index (κ1) is 17.5. The Morgan fingerprint density at radius 3 is 2.48 bits per heavy atom. The first-order valence-corrected chi connectivity index (χ1v) is 8.88. The van der Waals surface area contributed by atoms with Gasteiger partial charge in [-0.1, -0.05) is 19.1 Å². The molecule has 0 N–H and O–H groups in total. The molecule has 2 heterocycles. The second kappa shape index (κ2) is 8.21. The number of rotatable bonds is 4. The SMILES string of the molecule is CC[C@H](c1ccc(F)cc1)N1CCCN(C(=O)c2ccncc2)CC1.